The van der Waals surface area contributed by atoms with Crippen LogP contribution in [-0.2, 0) is 6.42 Å². The monoisotopic (exact) mass is 138 g/mol. The maximum atomic E-state index is 5.75. The molecule has 0 aliphatic carbocycles. The topological polar surface area (TPSA) is 41.8 Å². The number of aromatic amines is 1. The molecule has 0 saturated heterocycles. The summed E-state index contributed by atoms with van der Waals surface area (Å²) in [5.41, 5.74) is 7.05. The van der Waals surface area contributed by atoms with Crippen molar-refractivity contribution in [2.24, 2.45) is 5.73 Å². The smallest absolute Gasteiger partial charge is 0.00772 e. The highest BCUT2D eigenvalue weighted by Gasteiger charge is 1.99. The lowest BCUT2D eigenvalue weighted by Gasteiger charge is -2.04. The van der Waals surface area contributed by atoms with Gasteiger partial charge in [0.2, 0.25) is 0 Å². The van der Waals surface area contributed by atoms with Gasteiger partial charge in [-0.15, -0.1) is 0 Å². The maximum Gasteiger partial charge on any atom is 0.00772 e. The van der Waals surface area contributed by atoms with Crippen LogP contribution in [0.5, 0.6) is 0 Å². The summed E-state index contributed by atoms with van der Waals surface area (Å²) in [5.74, 6) is 0. The third-order valence-electron chi connectivity index (χ3n) is 1.68. The molecule has 0 aromatic carbocycles. The molecule has 10 heavy (non-hydrogen) atoms. The first-order chi connectivity index (χ1) is 4.83. The highest BCUT2D eigenvalue weighted by molar-refractivity contribution is 5.09. The summed E-state index contributed by atoms with van der Waals surface area (Å²) < 4.78 is 0. The Hall–Kier alpha value is -0.760. The van der Waals surface area contributed by atoms with Crippen LogP contribution in [0.1, 0.15) is 18.9 Å². The molecule has 1 rings (SSSR count). The molecule has 3 N–H and O–H groups in total. The molecule has 1 aromatic heterocycles. The van der Waals surface area contributed by atoms with E-state index in [0.29, 0.717) is 6.04 Å². The van der Waals surface area contributed by atoms with E-state index >= 15 is 0 Å². The van der Waals surface area contributed by atoms with Gasteiger partial charge in [-0.3, -0.25) is 0 Å². The van der Waals surface area contributed by atoms with Crippen LogP contribution in [0.25, 0.3) is 0 Å². The average molecular weight is 138 g/mol. The van der Waals surface area contributed by atoms with Gasteiger partial charge in [0.05, 0.1) is 0 Å². The van der Waals surface area contributed by atoms with Gasteiger partial charge in [-0.1, -0.05) is 6.92 Å². The molecule has 0 aliphatic rings. The zero-order chi connectivity index (χ0) is 7.40. The lowest BCUT2D eigenvalue weighted by atomic mass is 10.1. The van der Waals surface area contributed by atoms with E-state index < -0.39 is 0 Å². The van der Waals surface area contributed by atoms with E-state index in [0.717, 1.165) is 12.8 Å². The third-order valence-corrected chi connectivity index (χ3v) is 1.68. The van der Waals surface area contributed by atoms with E-state index in [9.17, 15) is 0 Å². The van der Waals surface area contributed by atoms with Crippen molar-refractivity contribution in [1.82, 2.24) is 4.98 Å². The lowest BCUT2D eigenvalue weighted by Crippen LogP contribution is -2.20. The number of H-pyrrole nitrogens is 1. The Morgan fingerprint density at radius 2 is 2.50 bits per heavy atom. The molecule has 0 bridgehead atoms. The minimum Gasteiger partial charge on any atom is -0.367 e. The van der Waals surface area contributed by atoms with Crippen LogP contribution in [0.15, 0.2) is 18.5 Å². The second-order valence-electron chi connectivity index (χ2n) is 2.59. The minimum absolute atomic E-state index is 0.316. The Bertz CT molecular complexity index is 167. The highest BCUT2D eigenvalue weighted by atomic mass is 14.6. The number of aromatic nitrogens is 1. The van der Waals surface area contributed by atoms with Gasteiger partial charge < -0.3 is 10.7 Å². The zero-order valence-corrected chi connectivity index (χ0v) is 6.30. The summed E-state index contributed by atoms with van der Waals surface area (Å²) in [6, 6.07) is 2.38. The number of rotatable bonds is 3. The molecular weight excluding hydrogens is 124 g/mol. The predicted octanol–water partition coefficient (Wildman–Crippen LogP) is 1.29. The molecule has 56 valence electrons. The number of hydrogen-bond acceptors (Lipinski definition) is 1. The van der Waals surface area contributed by atoms with Crippen LogP contribution in [0.4, 0.5) is 0 Å². The van der Waals surface area contributed by atoms with Crippen LogP contribution < -0.4 is 5.73 Å². The average Bonchev–Trinajstić information content (AvgIpc) is 2.40. The van der Waals surface area contributed by atoms with Crippen molar-refractivity contribution >= 4 is 0 Å². The van der Waals surface area contributed by atoms with E-state index in [1.807, 2.05) is 12.4 Å². The molecule has 1 heterocycles. The van der Waals surface area contributed by atoms with E-state index in [-0.39, 0.29) is 0 Å². The van der Waals surface area contributed by atoms with Gasteiger partial charge in [-0.05, 0) is 24.5 Å². The largest absolute Gasteiger partial charge is 0.367 e. The van der Waals surface area contributed by atoms with Gasteiger partial charge >= 0.3 is 0 Å². The van der Waals surface area contributed by atoms with Crippen molar-refractivity contribution in [1.29, 1.82) is 0 Å². The molecule has 2 heteroatoms. The number of hydrogen-bond donors (Lipinski definition) is 2. The van der Waals surface area contributed by atoms with E-state index in [1.165, 1.54) is 5.56 Å². The fraction of sp³-hybridized carbons (Fsp3) is 0.500. The van der Waals surface area contributed by atoms with Gasteiger partial charge in [0.15, 0.2) is 0 Å². The Kier molecular flexibility index (Phi) is 2.51. The van der Waals surface area contributed by atoms with Crippen molar-refractivity contribution < 1.29 is 0 Å². The molecule has 0 amide bonds. The molecule has 0 saturated carbocycles. The van der Waals surface area contributed by atoms with Gasteiger partial charge in [0.25, 0.3) is 0 Å². The quantitative estimate of drug-likeness (QED) is 0.649. The Morgan fingerprint density at radius 1 is 1.70 bits per heavy atom. The second kappa shape index (κ2) is 3.42. The van der Waals surface area contributed by atoms with Crippen LogP contribution in [-0.4, -0.2) is 11.0 Å². The van der Waals surface area contributed by atoms with Crippen molar-refractivity contribution in [3.8, 4) is 0 Å². The van der Waals surface area contributed by atoms with Crippen LogP contribution in [0.3, 0.4) is 0 Å². The Balaban J connectivity index is 2.40. The van der Waals surface area contributed by atoms with Crippen LogP contribution in [0, 0.1) is 0 Å². The highest BCUT2D eigenvalue weighted by Crippen LogP contribution is 2.01. The van der Waals surface area contributed by atoms with Crippen LogP contribution >= 0.6 is 0 Å². The van der Waals surface area contributed by atoms with Crippen molar-refractivity contribution in [2.45, 2.75) is 25.8 Å². The maximum absolute atomic E-state index is 5.75. The standard InChI is InChI=1S/C8H14N2/c1-2-8(9)5-7-3-4-10-6-7/h3-4,6,8,10H,2,5,9H2,1H3. The molecule has 1 aromatic rings. The van der Waals surface area contributed by atoms with Gasteiger partial charge in [-0.25, -0.2) is 0 Å². The molecule has 1 unspecified atom stereocenters. The molecule has 0 radical (unpaired) electrons. The molecule has 0 fully saturated rings. The predicted molar refractivity (Wildman–Crippen MR) is 42.8 cm³/mol. The molecule has 0 spiro atoms. The van der Waals surface area contributed by atoms with E-state index in [4.69, 9.17) is 5.73 Å². The molecule has 0 aliphatic heterocycles. The first kappa shape index (κ1) is 7.35. The van der Waals surface area contributed by atoms with E-state index in [2.05, 4.69) is 18.0 Å². The first-order valence-corrected chi connectivity index (χ1v) is 3.70. The van der Waals surface area contributed by atoms with Crippen molar-refractivity contribution in [2.75, 3.05) is 0 Å². The Labute approximate surface area is 61.4 Å². The SMILES string of the molecule is CCC(N)Cc1cc[nH]c1. The molecular formula is C8H14N2. The summed E-state index contributed by atoms with van der Waals surface area (Å²) in [4.78, 5) is 3.00. The fourth-order valence-corrected chi connectivity index (χ4v) is 0.932. The van der Waals surface area contributed by atoms with Crippen LogP contribution in [0.2, 0.25) is 0 Å². The molecule has 2 nitrogen and oxygen atoms in total. The third kappa shape index (κ3) is 1.88. The molecule has 1 atom stereocenters. The number of nitrogens with two attached hydrogens (primary N) is 1. The van der Waals surface area contributed by atoms with Gasteiger partial charge in [0, 0.05) is 18.4 Å². The number of nitrogens with one attached hydrogen (secondary N) is 1. The van der Waals surface area contributed by atoms with E-state index in [1.54, 1.807) is 0 Å². The normalized spacial score (nSPS) is 13.4. The summed E-state index contributed by atoms with van der Waals surface area (Å²) >= 11 is 0. The van der Waals surface area contributed by atoms with Gasteiger partial charge in [0.1, 0.15) is 0 Å². The second-order valence-corrected chi connectivity index (χ2v) is 2.59. The fourth-order valence-electron chi connectivity index (χ4n) is 0.932. The minimum atomic E-state index is 0.316. The zero-order valence-electron chi connectivity index (χ0n) is 6.30. The summed E-state index contributed by atoms with van der Waals surface area (Å²) in [6.45, 7) is 2.11. The summed E-state index contributed by atoms with van der Waals surface area (Å²) in [7, 11) is 0. The lowest BCUT2D eigenvalue weighted by molar-refractivity contribution is 0.647. The van der Waals surface area contributed by atoms with Crippen molar-refractivity contribution in [3.63, 3.8) is 0 Å². The summed E-state index contributed by atoms with van der Waals surface area (Å²) in [5, 5.41) is 0. The van der Waals surface area contributed by atoms with Gasteiger partial charge in [-0.2, -0.15) is 0 Å². The Morgan fingerprint density at radius 3 is 3.00 bits per heavy atom. The van der Waals surface area contributed by atoms with Crippen molar-refractivity contribution in [3.05, 3.63) is 24.0 Å². The first-order valence-electron chi connectivity index (χ1n) is 3.70. The summed E-state index contributed by atoms with van der Waals surface area (Å²) in [6.07, 6.45) is 5.96.